The van der Waals surface area contributed by atoms with Crippen LogP contribution in [0.4, 0.5) is 5.69 Å². The monoisotopic (exact) mass is 281 g/mol. The largest absolute Gasteiger partial charge is 0.381 e. The third-order valence-electron chi connectivity index (χ3n) is 3.71. The Kier molecular flexibility index (Phi) is 2.86. The van der Waals surface area contributed by atoms with Crippen LogP contribution in [0.1, 0.15) is 12.8 Å². The van der Waals surface area contributed by atoms with Gasteiger partial charge in [-0.05, 0) is 53.4 Å². The number of halogens is 1. The van der Waals surface area contributed by atoms with Gasteiger partial charge in [-0.3, -0.25) is 0 Å². The first-order valence-electron chi connectivity index (χ1n) is 5.92. The summed E-state index contributed by atoms with van der Waals surface area (Å²) in [4.78, 5) is 6.82. The number of anilines is 1. The third kappa shape index (κ3) is 2.09. The standard InChI is InChI=1S/C12H16BrN3/c13-12-2-1-10(7-14-12)15-11-4-6-16-5-3-9(11)8-16/h1-2,7,9,11,15H,3-6,8H2. The summed E-state index contributed by atoms with van der Waals surface area (Å²) in [6, 6.07) is 4.73. The number of nitrogens with zero attached hydrogens (tertiary/aromatic N) is 2. The molecule has 2 aliphatic rings. The van der Waals surface area contributed by atoms with Crippen molar-refractivity contribution in [2.45, 2.75) is 18.9 Å². The second-order valence-corrected chi connectivity index (χ2v) is 5.57. The average Bonchev–Trinajstić information content (AvgIpc) is 2.69. The molecule has 1 aromatic heterocycles. The van der Waals surface area contributed by atoms with Crippen molar-refractivity contribution in [2.24, 2.45) is 5.92 Å². The lowest BCUT2D eigenvalue weighted by atomic mass is 9.94. The lowest BCUT2D eigenvalue weighted by molar-refractivity contribution is 0.255. The highest BCUT2D eigenvalue weighted by Crippen LogP contribution is 2.29. The van der Waals surface area contributed by atoms with Gasteiger partial charge in [-0.25, -0.2) is 4.98 Å². The van der Waals surface area contributed by atoms with Gasteiger partial charge in [0.05, 0.1) is 11.9 Å². The van der Waals surface area contributed by atoms with Crippen molar-refractivity contribution in [3.63, 3.8) is 0 Å². The molecule has 2 bridgehead atoms. The molecular formula is C12H16BrN3. The van der Waals surface area contributed by atoms with Gasteiger partial charge in [-0.1, -0.05) is 0 Å². The van der Waals surface area contributed by atoms with Crippen LogP contribution < -0.4 is 5.32 Å². The molecule has 0 spiro atoms. The molecule has 0 aromatic carbocycles. The van der Waals surface area contributed by atoms with Crippen LogP contribution in [0.15, 0.2) is 22.9 Å². The Morgan fingerprint density at radius 2 is 2.19 bits per heavy atom. The van der Waals surface area contributed by atoms with Gasteiger partial charge in [0.2, 0.25) is 0 Å². The number of fused-ring (bicyclic) bond motifs is 2. The Morgan fingerprint density at radius 3 is 3.00 bits per heavy atom. The number of hydrogen-bond donors (Lipinski definition) is 1. The molecule has 0 aliphatic carbocycles. The van der Waals surface area contributed by atoms with E-state index in [-0.39, 0.29) is 0 Å². The maximum Gasteiger partial charge on any atom is 0.106 e. The summed E-state index contributed by atoms with van der Waals surface area (Å²) in [5, 5.41) is 3.63. The molecule has 3 heterocycles. The van der Waals surface area contributed by atoms with Crippen molar-refractivity contribution >= 4 is 21.6 Å². The topological polar surface area (TPSA) is 28.2 Å². The minimum absolute atomic E-state index is 0.640. The number of piperidine rings is 1. The lowest BCUT2D eigenvalue weighted by Gasteiger charge is -2.31. The minimum atomic E-state index is 0.640. The van der Waals surface area contributed by atoms with E-state index < -0.39 is 0 Å². The summed E-state index contributed by atoms with van der Waals surface area (Å²) in [5.74, 6) is 0.831. The highest BCUT2D eigenvalue weighted by Gasteiger charge is 2.33. The first-order chi connectivity index (χ1) is 7.81. The molecular weight excluding hydrogens is 266 g/mol. The van der Waals surface area contributed by atoms with Gasteiger partial charge in [-0.15, -0.1) is 0 Å². The zero-order chi connectivity index (χ0) is 11.0. The molecule has 3 rings (SSSR count). The van der Waals surface area contributed by atoms with Crippen LogP contribution in [0.2, 0.25) is 0 Å². The summed E-state index contributed by atoms with van der Waals surface area (Å²) >= 11 is 3.36. The van der Waals surface area contributed by atoms with Crippen LogP contribution in [0.5, 0.6) is 0 Å². The van der Waals surface area contributed by atoms with Crippen molar-refractivity contribution < 1.29 is 0 Å². The quantitative estimate of drug-likeness (QED) is 0.844. The Balaban J connectivity index is 1.68. The van der Waals surface area contributed by atoms with Crippen molar-refractivity contribution in [3.05, 3.63) is 22.9 Å². The lowest BCUT2D eigenvalue weighted by Crippen LogP contribution is -2.39. The Labute approximate surface area is 104 Å². The summed E-state index contributed by atoms with van der Waals surface area (Å²) in [6.45, 7) is 3.82. The van der Waals surface area contributed by atoms with Crippen LogP contribution in [0.25, 0.3) is 0 Å². The summed E-state index contributed by atoms with van der Waals surface area (Å²) in [6.07, 6.45) is 4.52. The first-order valence-corrected chi connectivity index (χ1v) is 6.71. The number of aromatic nitrogens is 1. The SMILES string of the molecule is Brc1ccc(NC2CCN3CCC2C3)cn1. The van der Waals surface area contributed by atoms with Gasteiger partial charge in [0.25, 0.3) is 0 Å². The van der Waals surface area contributed by atoms with Gasteiger partial charge in [0.15, 0.2) is 0 Å². The molecule has 2 aliphatic heterocycles. The van der Waals surface area contributed by atoms with E-state index in [4.69, 9.17) is 0 Å². The Hall–Kier alpha value is -0.610. The molecule has 1 aromatic rings. The normalized spacial score (nSPS) is 32.7. The average molecular weight is 282 g/mol. The molecule has 3 atom stereocenters. The van der Waals surface area contributed by atoms with Gasteiger partial charge in [0, 0.05) is 19.1 Å². The number of nitrogens with one attached hydrogen (secondary N) is 1. The summed E-state index contributed by atoms with van der Waals surface area (Å²) in [7, 11) is 0. The molecule has 4 heteroatoms. The highest BCUT2D eigenvalue weighted by atomic mass is 79.9. The molecule has 2 saturated heterocycles. The van der Waals surface area contributed by atoms with Crippen LogP contribution in [0, 0.1) is 5.92 Å². The molecule has 0 amide bonds. The van der Waals surface area contributed by atoms with E-state index in [1.54, 1.807) is 0 Å². The second kappa shape index (κ2) is 4.34. The summed E-state index contributed by atoms with van der Waals surface area (Å²) in [5.41, 5.74) is 1.15. The Morgan fingerprint density at radius 1 is 1.31 bits per heavy atom. The van der Waals surface area contributed by atoms with E-state index in [9.17, 15) is 0 Å². The van der Waals surface area contributed by atoms with E-state index in [0.29, 0.717) is 6.04 Å². The molecule has 0 radical (unpaired) electrons. The van der Waals surface area contributed by atoms with Crippen LogP contribution >= 0.6 is 15.9 Å². The molecule has 0 saturated carbocycles. The molecule has 16 heavy (non-hydrogen) atoms. The number of rotatable bonds is 2. The minimum Gasteiger partial charge on any atom is -0.381 e. The molecule has 2 fully saturated rings. The number of hydrogen-bond acceptors (Lipinski definition) is 3. The molecule has 86 valence electrons. The van der Waals surface area contributed by atoms with Crippen molar-refractivity contribution in [1.82, 2.24) is 9.88 Å². The summed E-state index contributed by atoms with van der Waals surface area (Å²) < 4.78 is 0.897. The second-order valence-electron chi connectivity index (χ2n) is 4.76. The zero-order valence-corrected chi connectivity index (χ0v) is 10.8. The fourth-order valence-electron chi connectivity index (χ4n) is 2.82. The number of pyridine rings is 1. The van der Waals surface area contributed by atoms with Crippen molar-refractivity contribution in [3.8, 4) is 0 Å². The Bertz CT molecular complexity index is 365. The fourth-order valence-corrected chi connectivity index (χ4v) is 3.05. The fraction of sp³-hybridized carbons (Fsp3) is 0.583. The highest BCUT2D eigenvalue weighted by molar-refractivity contribution is 9.10. The van der Waals surface area contributed by atoms with Gasteiger partial charge in [0.1, 0.15) is 4.60 Å². The van der Waals surface area contributed by atoms with Gasteiger partial charge >= 0.3 is 0 Å². The zero-order valence-electron chi connectivity index (χ0n) is 9.19. The van der Waals surface area contributed by atoms with Crippen molar-refractivity contribution in [2.75, 3.05) is 25.0 Å². The smallest absolute Gasteiger partial charge is 0.106 e. The predicted molar refractivity (Wildman–Crippen MR) is 68.5 cm³/mol. The van der Waals surface area contributed by atoms with Gasteiger partial charge < -0.3 is 10.2 Å². The third-order valence-corrected chi connectivity index (χ3v) is 4.18. The maximum absolute atomic E-state index is 4.25. The maximum atomic E-state index is 4.25. The van der Waals surface area contributed by atoms with E-state index >= 15 is 0 Å². The van der Waals surface area contributed by atoms with E-state index in [0.717, 1.165) is 16.2 Å². The van der Waals surface area contributed by atoms with Gasteiger partial charge in [-0.2, -0.15) is 0 Å². The van der Waals surface area contributed by atoms with E-state index in [1.807, 2.05) is 12.3 Å². The van der Waals surface area contributed by atoms with Crippen LogP contribution in [-0.4, -0.2) is 35.6 Å². The molecule has 3 unspecified atom stereocenters. The van der Waals surface area contributed by atoms with E-state index in [2.05, 4.69) is 37.2 Å². The first kappa shape index (κ1) is 10.5. The molecule has 1 N–H and O–H groups in total. The van der Waals surface area contributed by atoms with Crippen LogP contribution in [-0.2, 0) is 0 Å². The van der Waals surface area contributed by atoms with Crippen molar-refractivity contribution in [1.29, 1.82) is 0 Å². The van der Waals surface area contributed by atoms with E-state index in [1.165, 1.54) is 32.5 Å². The molecule has 3 nitrogen and oxygen atoms in total. The van der Waals surface area contributed by atoms with Crippen LogP contribution in [0.3, 0.4) is 0 Å². The predicted octanol–water partition coefficient (Wildman–Crippen LogP) is 2.35.